The van der Waals surface area contributed by atoms with Gasteiger partial charge in [-0.1, -0.05) is 87.0 Å². The van der Waals surface area contributed by atoms with Gasteiger partial charge in [0.05, 0.1) is 0 Å². The van der Waals surface area contributed by atoms with Gasteiger partial charge in [-0.3, -0.25) is 0 Å². The van der Waals surface area contributed by atoms with E-state index in [-0.39, 0.29) is 25.5 Å². The Morgan fingerprint density at radius 1 is 0.633 bits per heavy atom. The van der Waals surface area contributed by atoms with E-state index in [0.717, 1.165) is 51.1 Å². The third kappa shape index (κ3) is 7.42. The third-order valence-corrected chi connectivity index (χ3v) is 8.62. The molecule has 3 nitrogen and oxygen atoms in total. The zero-order valence-corrected chi connectivity index (χ0v) is 30.9. The van der Waals surface area contributed by atoms with Crippen molar-refractivity contribution in [1.29, 1.82) is 0 Å². The summed E-state index contributed by atoms with van der Waals surface area (Å²) in [6, 6.07) is 46.2. The average Bonchev–Trinajstić information content (AvgIpc) is 3.49. The van der Waals surface area contributed by atoms with E-state index in [4.69, 9.17) is 9.40 Å². The summed E-state index contributed by atoms with van der Waals surface area (Å²) in [4.78, 5) is 9.08. The van der Waals surface area contributed by atoms with E-state index in [1.54, 1.807) is 0 Å². The van der Waals surface area contributed by atoms with Crippen molar-refractivity contribution in [2.24, 2.45) is 5.41 Å². The SMILES string of the molecule is Cc1ccc(-c2[c-]cccc2)nc1.Cc1cnc(-c2[c-]ccc(-c3cccc4c3ccc3oc5ccccc5c34)c2)cc1CC(C)(C)C.[Ir]. The zero-order chi connectivity index (χ0) is 33.3. The topological polar surface area (TPSA) is 38.9 Å². The molecule has 0 aliphatic heterocycles. The van der Waals surface area contributed by atoms with Gasteiger partial charge in [0.2, 0.25) is 0 Å². The molecule has 3 aromatic heterocycles. The van der Waals surface area contributed by atoms with Crippen LogP contribution in [0.4, 0.5) is 0 Å². The van der Waals surface area contributed by atoms with Crippen molar-refractivity contribution in [1.82, 2.24) is 9.97 Å². The number of nitrogens with zero attached hydrogens (tertiary/aromatic N) is 2. The molecule has 0 unspecified atom stereocenters. The minimum absolute atomic E-state index is 0. The molecular formula is C45H38IrN2O-2. The van der Waals surface area contributed by atoms with Crippen LogP contribution in [-0.2, 0) is 26.5 Å². The second kappa shape index (κ2) is 14.3. The Balaban J connectivity index is 0.000000250. The summed E-state index contributed by atoms with van der Waals surface area (Å²) in [5.41, 5.74) is 12.2. The summed E-state index contributed by atoms with van der Waals surface area (Å²) in [7, 11) is 0. The first-order chi connectivity index (χ1) is 23.2. The summed E-state index contributed by atoms with van der Waals surface area (Å²) in [5.74, 6) is 0. The molecule has 8 aromatic rings. The van der Waals surface area contributed by atoms with Gasteiger partial charge in [0, 0.05) is 43.3 Å². The first-order valence-electron chi connectivity index (χ1n) is 16.4. The van der Waals surface area contributed by atoms with Crippen LogP contribution in [0.1, 0.15) is 37.5 Å². The van der Waals surface area contributed by atoms with Gasteiger partial charge >= 0.3 is 0 Å². The Labute approximate surface area is 302 Å². The van der Waals surface area contributed by atoms with Crippen LogP contribution in [0.15, 0.2) is 132 Å². The summed E-state index contributed by atoms with van der Waals surface area (Å²) < 4.78 is 6.13. The minimum Gasteiger partial charge on any atom is -0.456 e. The maximum absolute atomic E-state index is 6.13. The number of aromatic nitrogens is 2. The van der Waals surface area contributed by atoms with Gasteiger partial charge in [0.15, 0.2) is 0 Å². The monoisotopic (exact) mass is 815 g/mol. The number of rotatable bonds is 4. The Morgan fingerprint density at radius 2 is 1.41 bits per heavy atom. The second-order valence-electron chi connectivity index (χ2n) is 13.7. The number of aryl methyl sites for hydroxylation is 2. The molecule has 0 amide bonds. The third-order valence-electron chi connectivity index (χ3n) is 8.62. The van der Waals surface area contributed by atoms with E-state index >= 15 is 0 Å². The fourth-order valence-corrected chi connectivity index (χ4v) is 6.27. The molecule has 0 saturated carbocycles. The number of hydrogen-bond donors (Lipinski definition) is 0. The number of fused-ring (bicyclic) bond motifs is 5. The second-order valence-corrected chi connectivity index (χ2v) is 13.7. The molecule has 0 saturated heterocycles. The van der Waals surface area contributed by atoms with Crippen molar-refractivity contribution in [3.05, 3.63) is 156 Å². The molecule has 3 heterocycles. The first-order valence-corrected chi connectivity index (χ1v) is 16.4. The predicted molar refractivity (Wildman–Crippen MR) is 200 cm³/mol. The summed E-state index contributed by atoms with van der Waals surface area (Å²) in [5, 5.41) is 4.76. The van der Waals surface area contributed by atoms with Gasteiger partial charge in [-0.15, -0.1) is 71.3 Å². The average molecular weight is 815 g/mol. The van der Waals surface area contributed by atoms with Crippen LogP contribution in [0.5, 0.6) is 0 Å². The van der Waals surface area contributed by atoms with Crippen molar-refractivity contribution in [3.63, 3.8) is 0 Å². The van der Waals surface area contributed by atoms with Gasteiger partial charge in [0.1, 0.15) is 11.2 Å². The Bertz CT molecular complexity index is 2370. The molecule has 49 heavy (non-hydrogen) atoms. The van der Waals surface area contributed by atoms with Crippen LogP contribution in [-0.4, -0.2) is 9.97 Å². The van der Waals surface area contributed by atoms with Crippen molar-refractivity contribution in [2.75, 3.05) is 0 Å². The van der Waals surface area contributed by atoms with Gasteiger partial charge in [-0.05, 0) is 76.7 Å². The number of pyridine rings is 2. The number of benzene rings is 5. The summed E-state index contributed by atoms with van der Waals surface area (Å²) in [6.07, 6.45) is 4.89. The molecule has 245 valence electrons. The van der Waals surface area contributed by atoms with Crippen LogP contribution in [0.3, 0.4) is 0 Å². The Hall–Kier alpha value is -4.89. The van der Waals surface area contributed by atoms with E-state index in [1.807, 2.05) is 67.8 Å². The van der Waals surface area contributed by atoms with Crippen molar-refractivity contribution < 1.29 is 24.5 Å². The summed E-state index contributed by atoms with van der Waals surface area (Å²) in [6.45, 7) is 11.0. The Kier molecular flexibility index (Phi) is 9.92. The van der Waals surface area contributed by atoms with Crippen LogP contribution in [0.2, 0.25) is 0 Å². The molecule has 4 heteroatoms. The fourth-order valence-electron chi connectivity index (χ4n) is 6.27. The zero-order valence-electron chi connectivity index (χ0n) is 28.5. The maximum Gasteiger partial charge on any atom is 0.136 e. The molecular weight excluding hydrogens is 777 g/mol. The molecule has 0 spiro atoms. The molecule has 0 atom stereocenters. The molecule has 0 bridgehead atoms. The van der Waals surface area contributed by atoms with Crippen LogP contribution in [0, 0.1) is 31.4 Å². The Morgan fingerprint density at radius 3 is 2.18 bits per heavy atom. The van der Waals surface area contributed by atoms with Crippen LogP contribution >= 0.6 is 0 Å². The molecule has 0 N–H and O–H groups in total. The minimum atomic E-state index is 0. The van der Waals surface area contributed by atoms with Crippen molar-refractivity contribution in [2.45, 2.75) is 41.0 Å². The summed E-state index contributed by atoms with van der Waals surface area (Å²) >= 11 is 0. The van der Waals surface area contributed by atoms with Crippen LogP contribution in [0.25, 0.3) is 66.4 Å². The maximum atomic E-state index is 6.13. The first kappa shape index (κ1) is 34.0. The molecule has 5 aromatic carbocycles. The number of furan rings is 1. The van der Waals surface area contributed by atoms with Crippen molar-refractivity contribution in [3.8, 4) is 33.6 Å². The molecule has 0 fully saturated rings. The fraction of sp³-hybridized carbons (Fsp3) is 0.156. The largest absolute Gasteiger partial charge is 0.456 e. The van der Waals surface area contributed by atoms with Gasteiger partial charge in [0.25, 0.3) is 0 Å². The molecule has 8 rings (SSSR count). The number of hydrogen-bond acceptors (Lipinski definition) is 3. The van der Waals surface area contributed by atoms with E-state index in [0.29, 0.717) is 0 Å². The van der Waals surface area contributed by atoms with E-state index in [9.17, 15) is 0 Å². The molecule has 0 aliphatic carbocycles. The predicted octanol–water partition coefficient (Wildman–Crippen LogP) is 12.0. The van der Waals surface area contributed by atoms with Gasteiger partial charge in [-0.2, -0.15) is 0 Å². The van der Waals surface area contributed by atoms with E-state index in [2.05, 4.69) is 112 Å². The quantitative estimate of drug-likeness (QED) is 0.166. The smallest absolute Gasteiger partial charge is 0.136 e. The number of para-hydroxylation sites is 1. The van der Waals surface area contributed by atoms with Crippen molar-refractivity contribution >= 4 is 32.7 Å². The van der Waals surface area contributed by atoms with Crippen LogP contribution < -0.4 is 0 Å². The molecule has 0 aliphatic rings. The standard InChI is InChI=1S/C33H28NO.C12H10N.Ir/c1-21-20-34-29(18-24(21)19-33(2,3)4)23-10-7-9-22(17-23)25-12-8-13-27-26(25)15-16-31-32(27)28-11-5-6-14-30(28)35-31;1-10-7-8-12(13-9-10)11-5-3-2-4-6-11;/h5-9,11-18,20H,19H2,1-4H3;2-5,7-9H,1H3;/q2*-1;. The van der Waals surface area contributed by atoms with Gasteiger partial charge < -0.3 is 14.4 Å². The van der Waals surface area contributed by atoms with E-state index in [1.165, 1.54) is 38.4 Å². The normalized spacial score (nSPS) is 11.3. The van der Waals surface area contributed by atoms with E-state index < -0.39 is 0 Å². The molecule has 1 radical (unpaired) electrons. The van der Waals surface area contributed by atoms with Gasteiger partial charge in [-0.25, -0.2) is 0 Å².